The number of carbonyl (C=O) groups excluding carboxylic acids is 2. The van der Waals surface area contributed by atoms with Crippen LogP contribution < -0.4 is 10.4 Å². The Kier molecular flexibility index (Phi) is 10.9. The van der Waals surface area contributed by atoms with Gasteiger partial charge in [0.2, 0.25) is 0 Å². The smallest absolute Gasteiger partial charge is 0.303 e. The van der Waals surface area contributed by atoms with E-state index in [1.54, 1.807) is 0 Å². The second-order valence-corrected chi connectivity index (χ2v) is 17.3. The van der Waals surface area contributed by atoms with Gasteiger partial charge in [-0.3, -0.25) is 9.59 Å². The Morgan fingerprint density at radius 3 is 1.89 bits per heavy atom. The zero-order chi connectivity index (χ0) is 31.9. The second-order valence-electron chi connectivity index (χ2n) is 11.8. The lowest BCUT2D eigenvalue weighted by atomic mass is 9.98. The summed E-state index contributed by atoms with van der Waals surface area (Å²) in [6.07, 6.45) is -3.03. The summed E-state index contributed by atoms with van der Waals surface area (Å²) in [5, 5.41) is 5.82. The van der Waals surface area contributed by atoms with E-state index in [-0.39, 0.29) is 11.6 Å². The van der Waals surface area contributed by atoms with Gasteiger partial charge >= 0.3 is 11.9 Å². The molecule has 44 heavy (non-hydrogen) atoms. The molecule has 0 amide bonds. The number of hydrogen-bond donors (Lipinski definition) is 0. The van der Waals surface area contributed by atoms with E-state index in [2.05, 4.69) is 55.1 Å². The average Bonchev–Trinajstić information content (AvgIpc) is 2.98. The van der Waals surface area contributed by atoms with E-state index in [1.165, 1.54) is 25.6 Å². The SMILES string of the molecule is CC(=O)O[C@H]1[C@H](OC(C)=O)[C@@H](N=[N+]=[N-])C(Sc2ccc(C)cc2)O[C@@H]1CO[Si](c1ccccc1)(c1ccccc1)C(C)(C)C. The summed E-state index contributed by atoms with van der Waals surface area (Å²) in [5.41, 5.74) is 9.83. The maximum absolute atomic E-state index is 12.4. The molecule has 0 saturated carbocycles. The van der Waals surface area contributed by atoms with Crippen LogP contribution in [-0.4, -0.2) is 56.7 Å². The highest BCUT2D eigenvalue weighted by Crippen LogP contribution is 2.40. The molecule has 11 heteroatoms. The molecular weight excluding hydrogens is 595 g/mol. The number of azide groups is 1. The van der Waals surface area contributed by atoms with Gasteiger partial charge in [-0.05, 0) is 40.0 Å². The van der Waals surface area contributed by atoms with Gasteiger partial charge in [0, 0.05) is 23.7 Å². The zero-order valence-corrected chi connectivity index (χ0v) is 27.7. The van der Waals surface area contributed by atoms with Gasteiger partial charge in [0.1, 0.15) is 17.6 Å². The molecule has 1 saturated heterocycles. The standard InChI is InChI=1S/C33H39N3O6SSi/c1-22-17-19-25(20-18-22)43-32-29(35-36-34)31(41-24(3)38)30(40-23(2)37)28(42-32)21-39-44(33(4,5)6,26-13-9-7-10-14-26)27-15-11-8-12-16-27/h7-20,28-32H,21H2,1-6H3/t28-,29-,30-,31-,32?/m1/s1. The summed E-state index contributed by atoms with van der Waals surface area (Å²) < 4.78 is 25.3. The van der Waals surface area contributed by atoms with E-state index >= 15 is 0 Å². The Bertz CT molecular complexity index is 1420. The molecule has 232 valence electrons. The van der Waals surface area contributed by atoms with E-state index in [1.807, 2.05) is 67.6 Å². The Hall–Kier alpha value is -3.60. The molecule has 1 heterocycles. The third-order valence-electron chi connectivity index (χ3n) is 7.56. The fraction of sp³-hybridized carbons (Fsp3) is 0.394. The van der Waals surface area contributed by atoms with Gasteiger partial charge in [0.15, 0.2) is 12.2 Å². The zero-order valence-electron chi connectivity index (χ0n) is 25.9. The monoisotopic (exact) mass is 633 g/mol. The molecule has 0 radical (unpaired) electrons. The normalized spacial score (nSPS) is 22.0. The number of ether oxygens (including phenoxy) is 3. The van der Waals surface area contributed by atoms with Gasteiger partial charge < -0.3 is 18.6 Å². The largest absolute Gasteiger partial charge is 0.458 e. The molecule has 4 rings (SSSR count). The summed E-state index contributed by atoms with van der Waals surface area (Å²) in [5.74, 6) is -1.19. The van der Waals surface area contributed by atoms with Crippen LogP contribution >= 0.6 is 11.8 Å². The number of aryl methyl sites for hydroxylation is 1. The van der Waals surface area contributed by atoms with Gasteiger partial charge in [-0.2, -0.15) is 0 Å². The van der Waals surface area contributed by atoms with Crippen molar-refractivity contribution in [1.82, 2.24) is 0 Å². The van der Waals surface area contributed by atoms with E-state index in [0.717, 1.165) is 20.8 Å². The molecule has 9 nitrogen and oxygen atoms in total. The molecule has 5 atom stereocenters. The molecule has 3 aromatic carbocycles. The third-order valence-corrected chi connectivity index (χ3v) is 13.7. The molecule has 0 bridgehead atoms. The Morgan fingerprint density at radius 2 is 1.41 bits per heavy atom. The Morgan fingerprint density at radius 1 is 0.886 bits per heavy atom. The molecule has 0 N–H and O–H groups in total. The number of hydrogen-bond acceptors (Lipinski definition) is 8. The average molecular weight is 634 g/mol. The minimum atomic E-state index is -3.01. The Labute approximate surface area is 264 Å². The number of esters is 2. The first-order valence-electron chi connectivity index (χ1n) is 14.5. The summed E-state index contributed by atoms with van der Waals surface area (Å²) in [6, 6.07) is 27.2. The molecule has 0 spiro atoms. The Balaban J connectivity index is 1.80. The van der Waals surface area contributed by atoms with Crippen LogP contribution in [0.1, 0.15) is 40.2 Å². The highest BCUT2D eigenvalue weighted by Gasteiger charge is 2.54. The predicted molar refractivity (Wildman–Crippen MR) is 173 cm³/mol. The number of rotatable bonds is 10. The third kappa shape index (κ3) is 7.54. The van der Waals surface area contributed by atoms with E-state index in [9.17, 15) is 15.1 Å². The molecule has 1 aliphatic rings. The van der Waals surface area contributed by atoms with E-state index in [0.29, 0.717) is 0 Å². The number of carbonyl (C=O) groups is 2. The number of nitrogens with zero attached hydrogens (tertiary/aromatic N) is 3. The molecule has 0 aliphatic carbocycles. The van der Waals surface area contributed by atoms with Crippen LogP contribution in [-0.2, 0) is 28.2 Å². The summed E-state index contributed by atoms with van der Waals surface area (Å²) in [4.78, 5) is 28.7. The molecule has 3 aromatic rings. The van der Waals surface area contributed by atoms with Crippen molar-refractivity contribution in [3.05, 3.63) is 101 Å². The minimum absolute atomic E-state index is 0.0247. The number of benzene rings is 3. The highest BCUT2D eigenvalue weighted by molar-refractivity contribution is 7.99. The van der Waals surface area contributed by atoms with Crippen LogP contribution in [0.5, 0.6) is 0 Å². The maximum Gasteiger partial charge on any atom is 0.303 e. The van der Waals surface area contributed by atoms with Gasteiger partial charge in [0.05, 0.1) is 6.61 Å². The first-order chi connectivity index (χ1) is 21.0. The maximum atomic E-state index is 12.4. The lowest BCUT2D eigenvalue weighted by Gasteiger charge is -2.47. The van der Waals surface area contributed by atoms with Crippen molar-refractivity contribution in [2.45, 2.75) is 81.3 Å². The van der Waals surface area contributed by atoms with Crippen LogP contribution in [0.25, 0.3) is 10.4 Å². The van der Waals surface area contributed by atoms with E-state index in [4.69, 9.17) is 18.6 Å². The van der Waals surface area contributed by atoms with Crippen LogP contribution in [0.2, 0.25) is 5.04 Å². The number of thioether (sulfide) groups is 1. The van der Waals surface area contributed by atoms with Crippen LogP contribution in [0.4, 0.5) is 0 Å². The van der Waals surface area contributed by atoms with Crippen molar-refractivity contribution in [2.75, 3.05) is 6.61 Å². The fourth-order valence-electron chi connectivity index (χ4n) is 5.69. The lowest BCUT2D eigenvalue weighted by Crippen LogP contribution is -2.68. The topological polar surface area (TPSA) is 120 Å². The second kappa shape index (κ2) is 14.5. The quantitative estimate of drug-likeness (QED) is 0.0892. The molecule has 0 aromatic heterocycles. The van der Waals surface area contributed by atoms with E-state index < -0.39 is 50.0 Å². The van der Waals surface area contributed by atoms with Crippen molar-refractivity contribution in [2.24, 2.45) is 5.11 Å². The van der Waals surface area contributed by atoms with Crippen molar-refractivity contribution < 1.29 is 28.2 Å². The van der Waals surface area contributed by atoms with Crippen molar-refractivity contribution in [3.8, 4) is 0 Å². The van der Waals surface area contributed by atoms with Gasteiger partial charge in [-0.15, -0.1) is 0 Å². The van der Waals surface area contributed by atoms with Crippen molar-refractivity contribution >= 4 is 42.4 Å². The lowest BCUT2D eigenvalue weighted by molar-refractivity contribution is -0.205. The molecule has 1 unspecified atom stereocenters. The molecule has 1 fully saturated rings. The van der Waals surface area contributed by atoms with Gasteiger partial charge in [0.25, 0.3) is 8.32 Å². The molecule has 1 aliphatic heterocycles. The van der Waals surface area contributed by atoms with Crippen molar-refractivity contribution in [1.29, 1.82) is 0 Å². The van der Waals surface area contributed by atoms with Gasteiger partial charge in [-0.25, -0.2) is 0 Å². The molecular formula is C33H39N3O6SSi. The fourth-order valence-corrected chi connectivity index (χ4v) is 11.4. The summed E-state index contributed by atoms with van der Waals surface area (Å²) in [7, 11) is -3.01. The summed E-state index contributed by atoms with van der Waals surface area (Å²) in [6.45, 7) is 11.1. The minimum Gasteiger partial charge on any atom is -0.458 e. The first-order valence-corrected chi connectivity index (χ1v) is 17.3. The van der Waals surface area contributed by atoms with Crippen LogP contribution in [0, 0.1) is 6.92 Å². The highest BCUT2D eigenvalue weighted by atomic mass is 32.2. The van der Waals surface area contributed by atoms with Crippen LogP contribution in [0.3, 0.4) is 0 Å². The van der Waals surface area contributed by atoms with Crippen molar-refractivity contribution in [3.63, 3.8) is 0 Å². The predicted octanol–water partition coefficient (Wildman–Crippen LogP) is 5.93. The first kappa shape index (κ1) is 33.3. The van der Waals surface area contributed by atoms with Crippen LogP contribution in [0.15, 0.2) is 94.9 Å². The summed E-state index contributed by atoms with van der Waals surface area (Å²) >= 11 is 1.35. The van der Waals surface area contributed by atoms with Gasteiger partial charge in [-0.1, -0.05) is 116 Å².